The Balaban J connectivity index is 3.85. The van der Waals surface area contributed by atoms with Crippen LogP contribution >= 0.6 is 0 Å². The average Bonchev–Trinajstić information content (AvgIpc) is 2.15. The third-order valence-electron chi connectivity index (χ3n) is 2.26. The molecule has 2 atom stereocenters. The third-order valence-corrected chi connectivity index (χ3v) is 2.26. The number of carbonyl (C=O) groups excluding carboxylic acids is 1. The summed E-state index contributed by atoms with van der Waals surface area (Å²) in [5.41, 5.74) is 0. The van der Waals surface area contributed by atoms with Gasteiger partial charge in [-0.25, -0.2) is 0 Å². The van der Waals surface area contributed by atoms with E-state index in [0.29, 0.717) is 6.04 Å². The van der Waals surface area contributed by atoms with Crippen molar-refractivity contribution in [3.05, 3.63) is 0 Å². The van der Waals surface area contributed by atoms with Gasteiger partial charge in [0.05, 0.1) is 6.04 Å². The normalized spacial score (nSPS) is 15.1. The molecule has 3 heteroatoms. The Morgan fingerprint density at radius 2 is 2.00 bits per heavy atom. The molecule has 0 aliphatic heterocycles. The fourth-order valence-corrected chi connectivity index (χ4v) is 1.40. The second kappa shape index (κ2) is 6.89. The summed E-state index contributed by atoms with van der Waals surface area (Å²) in [6.07, 6.45) is 3.37. The van der Waals surface area contributed by atoms with Crippen molar-refractivity contribution < 1.29 is 4.79 Å². The summed E-state index contributed by atoms with van der Waals surface area (Å²) < 4.78 is 0. The third kappa shape index (κ3) is 4.88. The highest BCUT2D eigenvalue weighted by molar-refractivity contribution is 5.80. The van der Waals surface area contributed by atoms with Gasteiger partial charge in [0.1, 0.15) is 0 Å². The number of nitrogens with one attached hydrogen (secondary N) is 2. The van der Waals surface area contributed by atoms with Crippen molar-refractivity contribution in [2.75, 3.05) is 7.05 Å². The first-order valence-corrected chi connectivity index (χ1v) is 5.13. The largest absolute Gasteiger partial charge is 0.358 e. The zero-order valence-electron chi connectivity index (χ0n) is 9.18. The smallest absolute Gasteiger partial charge is 0.236 e. The fourth-order valence-electron chi connectivity index (χ4n) is 1.40. The molecule has 0 aromatic carbocycles. The van der Waals surface area contributed by atoms with E-state index in [1.807, 2.05) is 6.92 Å². The van der Waals surface area contributed by atoms with Crippen molar-refractivity contribution in [1.82, 2.24) is 10.6 Å². The van der Waals surface area contributed by atoms with Gasteiger partial charge in [-0.2, -0.15) is 0 Å². The molecular formula is C10H22N2O. The minimum atomic E-state index is -0.0819. The topological polar surface area (TPSA) is 41.1 Å². The van der Waals surface area contributed by atoms with Crippen LogP contribution in [0.25, 0.3) is 0 Å². The second-order valence-corrected chi connectivity index (χ2v) is 3.40. The van der Waals surface area contributed by atoms with Crippen LogP contribution in [-0.4, -0.2) is 25.0 Å². The average molecular weight is 186 g/mol. The maximum atomic E-state index is 11.2. The molecule has 2 unspecified atom stereocenters. The molecule has 0 saturated heterocycles. The van der Waals surface area contributed by atoms with Gasteiger partial charge in [-0.3, -0.25) is 4.79 Å². The SMILES string of the molecule is CCCC(CC)NC(C)C(=O)NC. The number of rotatable bonds is 6. The van der Waals surface area contributed by atoms with Gasteiger partial charge in [0, 0.05) is 13.1 Å². The monoisotopic (exact) mass is 186 g/mol. The van der Waals surface area contributed by atoms with Crippen molar-refractivity contribution in [2.24, 2.45) is 0 Å². The van der Waals surface area contributed by atoms with Gasteiger partial charge in [-0.15, -0.1) is 0 Å². The summed E-state index contributed by atoms with van der Waals surface area (Å²) in [5, 5.41) is 5.94. The first kappa shape index (κ1) is 12.4. The van der Waals surface area contributed by atoms with Gasteiger partial charge in [-0.1, -0.05) is 20.3 Å². The summed E-state index contributed by atoms with van der Waals surface area (Å²) in [7, 11) is 1.67. The summed E-state index contributed by atoms with van der Waals surface area (Å²) in [6, 6.07) is 0.388. The molecule has 0 bridgehead atoms. The number of hydrogen-bond donors (Lipinski definition) is 2. The van der Waals surface area contributed by atoms with Gasteiger partial charge in [0.15, 0.2) is 0 Å². The first-order valence-electron chi connectivity index (χ1n) is 5.13. The van der Waals surface area contributed by atoms with Crippen molar-refractivity contribution in [2.45, 2.75) is 52.1 Å². The Labute approximate surface area is 81.3 Å². The van der Waals surface area contributed by atoms with Gasteiger partial charge in [-0.05, 0) is 19.8 Å². The lowest BCUT2D eigenvalue weighted by Crippen LogP contribution is -2.45. The van der Waals surface area contributed by atoms with Crippen LogP contribution in [0.5, 0.6) is 0 Å². The molecule has 0 radical (unpaired) electrons. The van der Waals surface area contributed by atoms with E-state index in [2.05, 4.69) is 24.5 Å². The number of carbonyl (C=O) groups is 1. The molecule has 2 N–H and O–H groups in total. The maximum absolute atomic E-state index is 11.2. The quantitative estimate of drug-likeness (QED) is 0.656. The minimum absolute atomic E-state index is 0.0644. The van der Waals surface area contributed by atoms with E-state index in [-0.39, 0.29) is 11.9 Å². The summed E-state index contributed by atoms with van der Waals surface area (Å²) in [5.74, 6) is 0.0644. The van der Waals surface area contributed by atoms with Gasteiger partial charge < -0.3 is 10.6 Å². The molecule has 78 valence electrons. The van der Waals surface area contributed by atoms with Crippen molar-refractivity contribution in [1.29, 1.82) is 0 Å². The molecule has 0 rings (SSSR count). The minimum Gasteiger partial charge on any atom is -0.358 e. The number of likely N-dealkylation sites (N-methyl/N-ethyl adjacent to an activating group) is 1. The van der Waals surface area contributed by atoms with Crippen LogP contribution in [0, 0.1) is 0 Å². The van der Waals surface area contributed by atoms with Crippen molar-refractivity contribution in [3.63, 3.8) is 0 Å². The molecule has 0 fully saturated rings. The zero-order valence-corrected chi connectivity index (χ0v) is 9.18. The highest BCUT2D eigenvalue weighted by Crippen LogP contribution is 2.02. The van der Waals surface area contributed by atoms with Crippen LogP contribution in [-0.2, 0) is 4.79 Å². The van der Waals surface area contributed by atoms with E-state index in [1.165, 1.54) is 0 Å². The lowest BCUT2D eigenvalue weighted by Gasteiger charge is -2.20. The van der Waals surface area contributed by atoms with Crippen LogP contribution in [0.4, 0.5) is 0 Å². The van der Waals surface area contributed by atoms with Crippen molar-refractivity contribution in [3.8, 4) is 0 Å². The molecule has 0 heterocycles. The highest BCUT2D eigenvalue weighted by Gasteiger charge is 2.14. The van der Waals surface area contributed by atoms with E-state index in [1.54, 1.807) is 7.05 Å². The molecule has 0 saturated carbocycles. The lowest BCUT2D eigenvalue weighted by atomic mass is 10.1. The van der Waals surface area contributed by atoms with E-state index >= 15 is 0 Å². The van der Waals surface area contributed by atoms with Crippen LogP contribution in [0.15, 0.2) is 0 Å². The van der Waals surface area contributed by atoms with Gasteiger partial charge in [0.25, 0.3) is 0 Å². The Bertz CT molecular complexity index is 148. The molecule has 0 aliphatic rings. The molecule has 3 nitrogen and oxygen atoms in total. The Kier molecular flexibility index (Phi) is 6.59. The summed E-state index contributed by atoms with van der Waals surface area (Å²) >= 11 is 0. The van der Waals surface area contributed by atoms with Gasteiger partial charge in [0.2, 0.25) is 5.91 Å². The Morgan fingerprint density at radius 3 is 2.38 bits per heavy atom. The second-order valence-electron chi connectivity index (χ2n) is 3.40. The molecule has 0 aromatic rings. The molecule has 13 heavy (non-hydrogen) atoms. The maximum Gasteiger partial charge on any atom is 0.236 e. The first-order chi connectivity index (χ1) is 6.15. The highest BCUT2D eigenvalue weighted by atomic mass is 16.2. The van der Waals surface area contributed by atoms with Crippen LogP contribution in [0.3, 0.4) is 0 Å². The predicted octanol–water partition coefficient (Wildman–Crippen LogP) is 1.29. The van der Waals surface area contributed by atoms with E-state index in [0.717, 1.165) is 19.3 Å². The van der Waals surface area contributed by atoms with Crippen LogP contribution < -0.4 is 10.6 Å². The lowest BCUT2D eigenvalue weighted by molar-refractivity contribution is -0.122. The molecule has 0 spiro atoms. The van der Waals surface area contributed by atoms with Crippen LogP contribution in [0.1, 0.15) is 40.0 Å². The number of hydrogen-bond acceptors (Lipinski definition) is 2. The van der Waals surface area contributed by atoms with E-state index < -0.39 is 0 Å². The van der Waals surface area contributed by atoms with Crippen molar-refractivity contribution >= 4 is 5.91 Å². The molecular weight excluding hydrogens is 164 g/mol. The molecule has 0 aliphatic carbocycles. The molecule has 1 amide bonds. The standard InChI is InChI=1S/C10H22N2O/c1-5-7-9(6-2)12-8(3)10(13)11-4/h8-9,12H,5-7H2,1-4H3,(H,11,13). The van der Waals surface area contributed by atoms with Gasteiger partial charge >= 0.3 is 0 Å². The Morgan fingerprint density at radius 1 is 1.38 bits per heavy atom. The summed E-state index contributed by atoms with van der Waals surface area (Å²) in [4.78, 5) is 11.2. The van der Waals surface area contributed by atoms with E-state index in [9.17, 15) is 4.79 Å². The van der Waals surface area contributed by atoms with Crippen LogP contribution in [0.2, 0.25) is 0 Å². The van der Waals surface area contributed by atoms with E-state index in [4.69, 9.17) is 0 Å². The zero-order chi connectivity index (χ0) is 10.3. The Hall–Kier alpha value is -0.570. The fraction of sp³-hybridized carbons (Fsp3) is 0.900. The molecule has 0 aromatic heterocycles. The predicted molar refractivity (Wildman–Crippen MR) is 55.7 cm³/mol. The number of amides is 1. The summed E-state index contributed by atoms with van der Waals surface area (Å²) in [6.45, 7) is 6.20.